The van der Waals surface area contributed by atoms with Gasteiger partial charge in [0, 0.05) is 19.3 Å². The lowest BCUT2D eigenvalue weighted by Crippen LogP contribution is -1.94. The molecular weight excluding hydrogens is 218 g/mol. The van der Waals surface area contributed by atoms with Crippen molar-refractivity contribution in [3.8, 4) is 17.4 Å². The standard InChI is InChI=1S/C11H11N5O/c1-16-8(5-6-12-16)11-13-7-3-4-9(17-2)14-10(7)15-11/h3-6H,1-2H3,(H,13,14,15). The first-order valence-electron chi connectivity index (χ1n) is 5.17. The van der Waals surface area contributed by atoms with Gasteiger partial charge in [-0.15, -0.1) is 0 Å². The van der Waals surface area contributed by atoms with Crippen molar-refractivity contribution in [3.05, 3.63) is 24.4 Å². The van der Waals surface area contributed by atoms with Crippen LogP contribution in [0.15, 0.2) is 24.4 Å². The minimum absolute atomic E-state index is 0.556. The van der Waals surface area contributed by atoms with Crippen LogP contribution in [-0.4, -0.2) is 31.8 Å². The monoisotopic (exact) mass is 229 g/mol. The molecule has 0 aromatic carbocycles. The molecule has 0 radical (unpaired) electrons. The van der Waals surface area contributed by atoms with Gasteiger partial charge < -0.3 is 9.72 Å². The summed E-state index contributed by atoms with van der Waals surface area (Å²) in [5.41, 5.74) is 2.43. The molecule has 3 aromatic heterocycles. The van der Waals surface area contributed by atoms with Crippen molar-refractivity contribution >= 4 is 11.2 Å². The van der Waals surface area contributed by atoms with Gasteiger partial charge in [0.25, 0.3) is 0 Å². The molecule has 0 amide bonds. The van der Waals surface area contributed by atoms with Gasteiger partial charge in [0.15, 0.2) is 11.5 Å². The van der Waals surface area contributed by atoms with Crippen molar-refractivity contribution in [2.75, 3.05) is 7.11 Å². The van der Waals surface area contributed by atoms with Gasteiger partial charge in [0.05, 0.1) is 12.6 Å². The number of hydrogen-bond acceptors (Lipinski definition) is 4. The first kappa shape index (κ1) is 9.83. The maximum absolute atomic E-state index is 5.06. The summed E-state index contributed by atoms with van der Waals surface area (Å²) in [5, 5.41) is 4.11. The molecule has 3 aromatic rings. The maximum Gasteiger partial charge on any atom is 0.215 e. The van der Waals surface area contributed by atoms with Gasteiger partial charge in [0.2, 0.25) is 5.88 Å². The van der Waals surface area contributed by atoms with E-state index in [0.29, 0.717) is 11.5 Å². The largest absolute Gasteiger partial charge is 0.481 e. The van der Waals surface area contributed by atoms with Crippen molar-refractivity contribution in [1.82, 2.24) is 24.7 Å². The third kappa shape index (κ3) is 1.54. The highest BCUT2D eigenvalue weighted by molar-refractivity contribution is 5.75. The number of aromatic nitrogens is 5. The normalized spacial score (nSPS) is 10.9. The van der Waals surface area contributed by atoms with Crippen LogP contribution in [0, 0.1) is 0 Å². The van der Waals surface area contributed by atoms with E-state index in [1.54, 1.807) is 24.1 Å². The third-order valence-electron chi connectivity index (χ3n) is 2.59. The summed E-state index contributed by atoms with van der Waals surface area (Å²) in [7, 11) is 3.46. The van der Waals surface area contributed by atoms with Crippen LogP contribution < -0.4 is 4.74 Å². The minimum atomic E-state index is 0.556. The summed E-state index contributed by atoms with van der Waals surface area (Å²) in [5.74, 6) is 1.31. The Morgan fingerprint density at radius 2 is 2.12 bits per heavy atom. The molecule has 0 aliphatic carbocycles. The lowest BCUT2D eigenvalue weighted by atomic mass is 10.4. The van der Waals surface area contributed by atoms with Crippen LogP contribution in [0.25, 0.3) is 22.7 Å². The predicted octanol–water partition coefficient (Wildman–Crippen LogP) is 1.37. The first-order valence-corrected chi connectivity index (χ1v) is 5.17. The molecule has 0 aliphatic rings. The average Bonchev–Trinajstić information content (AvgIpc) is 2.93. The van der Waals surface area contributed by atoms with E-state index in [9.17, 15) is 0 Å². The molecule has 86 valence electrons. The molecule has 17 heavy (non-hydrogen) atoms. The molecule has 0 saturated carbocycles. The first-order chi connectivity index (χ1) is 8.28. The van der Waals surface area contributed by atoms with Crippen LogP contribution in [-0.2, 0) is 7.05 Å². The van der Waals surface area contributed by atoms with E-state index in [2.05, 4.69) is 20.1 Å². The number of imidazole rings is 1. The molecule has 3 heterocycles. The SMILES string of the molecule is COc1ccc2[nH]c(-c3ccnn3C)nc2n1. The maximum atomic E-state index is 5.06. The molecule has 0 spiro atoms. The van der Waals surface area contributed by atoms with Crippen molar-refractivity contribution in [2.24, 2.45) is 7.05 Å². The number of methoxy groups -OCH3 is 1. The number of aromatic amines is 1. The van der Waals surface area contributed by atoms with E-state index in [1.165, 1.54) is 0 Å². The smallest absolute Gasteiger partial charge is 0.215 e. The molecule has 6 nitrogen and oxygen atoms in total. The fourth-order valence-corrected chi connectivity index (χ4v) is 1.72. The minimum Gasteiger partial charge on any atom is -0.481 e. The lowest BCUT2D eigenvalue weighted by molar-refractivity contribution is 0.399. The Labute approximate surface area is 97.3 Å². The number of hydrogen-bond donors (Lipinski definition) is 1. The van der Waals surface area contributed by atoms with E-state index in [1.807, 2.05) is 19.2 Å². The Balaban J connectivity index is 2.17. The van der Waals surface area contributed by atoms with E-state index in [4.69, 9.17) is 4.74 Å². The summed E-state index contributed by atoms with van der Waals surface area (Å²) in [6, 6.07) is 5.59. The van der Waals surface area contributed by atoms with Crippen molar-refractivity contribution < 1.29 is 4.74 Å². The second kappa shape index (κ2) is 3.58. The summed E-state index contributed by atoms with van der Waals surface area (Å²) < 4.78 is 6.82. The number of rotatable bonds is 2. The van der Waals surface area contributed by atoms with E-state index in [-0.39, 0.29) is 0 Å². The van der Waals surface area contributed by atoms with E-state index >= 15 is 0 Å². The zero-order chi connectivity index (χ0) is 11.8. The topological polar surface area (TPSA) is 68.6 Å². The highest BCUT2D eigenvalue weighted by Crippen LogP contribution is 2.20. The number of H-pyrrole nitrogens is 1. The average molecular weight is 229 g/mol. The Morgan fingerprint density at radius 3 is 2.82 bits per heavy atom. The summed E-state index contributed by atoms with van der Waals surface area (Å²) >= 11 is 0. The zero-order valence-corrected chi connectivity index (χ0v) is 9.51. The molecule has 0 unspecified atom stereocenters. The summed E-state index contributed by atoms with van der Waals surface area (Å²) in [6.07, 6.45) is 1.73. The van der Waals surface area contributed by atoms with Gasteiger partial charge >= 0.3 is 0 Å². The van der Waals surface area contributed by atoms with Crippen LogP contribution in [0.5, 0.6) is 5.88 Å². The molecule has 0 fully saturated rings. The molecule has 0 saturated heterocycles. The van der Waals surface area contributed by atoms with Crippen molar-refractivity contribution in [3.63, 3.8) is 0 Å². The number of pyridine rings is 1. The Kier molecular flexibility index (Phi) is 2.07. The molecule has 0 atom stereocenters. The van der Waals surface area contributed by atoms with Gasteiger partial charge in [-0.2, -0.15) is 10.1 Å². The number of nitrogens with zero attached hydrogens (tertiary/aromatic N) is 4. The highest BCUT2D eigenvalue weighted by atomic mass is 16.5. The molecule has 1 N–H and O–H groups in total. The van der Waals surface area contributed by atoms with Crippen molar-refractivity contribution in [1.29, 1.82) is 0 Å². The van der Waals surface area contributed by atoms with Crippen LogP contribution in [0.3, 0.4) is 0 Å². The van der Waals surface area contributed by atoms with Crippen LogP contribution in [0.1, 0.15) is 0 Å². The van der Waals surface area contributed by atoms with E-state index in [0.717, 1.165) is 17.0 Å². The fourth-order valence-electron chi connectivity index (χ4n) is 1.72. The van der Waals surface area contributed by atoms with Gasteiger partial charge in [-0.1, -0.05) is 0 Å². The molecule has 0 bridgehead atoms. The molecule has 3 rings (SSSR count). The molecule has 0 aliphatic heterocycles. The fraction of sp³-hybridized carbons (Fsp3) is 0.182. The summed E-state index contributed by atoms with van der Waals surface area (Å²) in [4.78, 5) is 11.9. The Hall–Kier alpha value is -2.37. The number of aryl methyl sites for hydroxylation is 1. The van der Waals surface area contributed by atoms with Gasteiger partial charge in [-0.25, -0.2) is 4.98 Å². The molecular formula is C11H11N5O. The third-order valence-corrected chi connectivity index (χ3v) is 2.59. The summed E-state index contributed by atoms with van der Waals surface area (Å²) in [6.45, 7) is 0. The highest BCUT2D eigenvalue weighted by Gasteiger charge is 2.09. The quantitative estimate of drug-likeness (QED) is 0.720. The molecule has 6 heteroatoms. The van der Waals surface area contributed by atoms with Gasteiger partial charge in [-0.05, 0) is 12.1 Å². The van der Waals surface area contributed by atoms with Crippen molar-refractivity contribution in [2.45, 2.75) is 0 Å². The Bertz CT molecular complexity index is 669. The Morgan fingerprint density at radius 1 is 1.24 bits per heavy atom. The zero-order valence-electron chi connectivity index (χ0n) is 9.51. The van der Waals surface area contributed by atoms with Gasteiger partial charge in [-0.3, -0.25) is 4.68 Å². The number of fused-ring (bicyclic) bond motifs is 1. The second-order valence-electron chi connectivity index (χ2n) is 3.65. The van der Waals surface area contributed by atoms with Crippen LogP contribution >= 0.6 is 0 Å². The number of ether oxygens (including phenoxy) is 1. The van der Waals surface area contributed by atoms with Gasteiger partial charge in [0.1, 0.15) is 5.69 Å². The second-order valence-corrected chi connectivity index (χ2v) is 3.65. The number of nitrogens with one attached hydrogen (secondary N) is 1. The van der Waals surface area contributed by atoms with Crippen LogP contribution in [0.2, 0.25) is 0 Å². The van der Waals surface area contributed by atoms with Crippen LogP contribution in [0.4, 0.5) is 0 Å². The van der Waals surface area contributed by atoms with E-state index < -0.39 is 0 Å². The predicted molar refractivity (Wildman–Crippen MR) is 62.6 cm³/mol. The lowest BCUT2D eigenvalue weighted by Gasteiger charge is -1.95.